The van der Waals surface area contributed by atoms with E-state index in [0.717, 1.165) is 12.1 Å². The molecule has 0 aliphatic carbocycles. The first-order valence-corrected chi connectivity index (χ1v) is 3.77. The summed E-state index contributed by atoms with van der Waals surface area (Å²) in [4.78, 5) is 0. The number of rotatable bonds is 1. The third-order valence-electron chi connectivity index (χ3n) is 1.74. The largest absolute Gasteiger partial charge is 0.416 e. The molecule has 0 bridgehead atoms. The molecule has 0 aliphatic heterocycles. The molecule has 0 saturated heterocycles. The SMILES string of the molecule is N#CC(N)c1ccc(C(F)(F)F)cc1. The van der Waals surface area contributed by atoms with Crippen molar-refractivity contribution in [2.75, 3.05) is 0 Å². The molecule has 74 valence electrons. The molecule has 1 rings (SSSR count). The van der Waals surface area contributed by atoms with E-state index >= 15 is 0 Å². The van der Waals surface area contributed by atoms with Gasteiger partial charge in [-0.25, -0.2) is 0 Å². The third kappa shape index (κ3) is 2.24. The van der Waals surface area contributed by atoms with Gasteiger partial charge in [0, 0.05) is 0 Å². The Balaban J connectivity index is 2.96. The van der Waals surface area contributed by atoms with Crippen LogP contribution in [0.15, 0.2) is 24.3 Å². The van der Waals surface area contributed by atoms with Crippen molar-refractivity contribution in [3.05, 3.63) is 35.4 Å². The highest BCUT2D eigenvalue weighted by Crippen LogP contribution is 2.29. The second kappa shape index (κ2) is 3.68. The Bertz CT molecular complexity index is 348. The lowest BCUT2D eigenvalue weighted by atomic mass is 10.1. The monoisotopic (exact) mass is 200 g/mol. The molecule has 2 nitrogen and oxygen atoms in total. The number of benzene rings is 1. The predicted octanol–water partition coefficient (Wildman–Crippen LogP) is 2.23. The first-order chi connectivity index (χ1) is 6.45. The minimum atomic E-state index is -4.35. The number of nitrogens with two attached hydrogens (primary N) is 1. The Morgan fingerprint density at radius 1 is 1.21 bits per heavy atom. The molecule has 5 heteroatoms. The Morgan fingerprint density at radius 3 is 2.07 bits per heavy atom. The van der Waals surface area contributed by atoms with Gasteiger partial charge in [-0.05, 0) is 17.7 Å². The highest BCUT2D eigenvalue weighted by atomic mass is 19.4. The number of hydrogen-bond donors (Lipinski definition) is 1. The van der Waals surface area contributed by atoms with Crippen LogP contribution in [0.4, 0.5) is 13.2 Å². The maximum Gasteiger partial charge on any atom is 0.416 e. The van der Waals surface area contributed by atoms with Crippen molar-refractivity contribution in [3.8, 4) is 6.07 Å². The number of halogens is 3. The van der Waals surface area contributed by atoms with Gasteiger partial charge in [-0.2, -0.15) is 18.4 Å². The number of nitriles is 1. The quantitative estimate of drug-likeness (QED) is 0.755. The molecular formula is C9H7F3N2. The summed E-state index contributed by atoms with van der Waals surface area (Å²) in [6, 6.07) is 5.09. The average molecular weight is 200 g/mol. The van der Waals surface area contributed by atoms with Crippen LogP contribution in [0.5, 0.6) is 0 Å². The second-order valence-electron chi connectivity index (χ2n) is 2.73. The van der Waals surface area contributed by atoms with Gasteiger partial charge in [0.05, 0.1) is 11.6 Å². The van der Waals surface area contributed by atoms with E-state index in [1.54, 1.807) is 6.07 Å². The molecule has 1 unspecified atom stereocenters. The topological polar surface area (TPSA) is 49.8 Å². The van der Waals surface area contributed by atoms with Crippen molar-refractivity contribution in [2.45, 2.75) is 12.2 Å². The summed E-state index contributed by atoms with van der Waals surface area (Å²) in [6.07, 6.45) is -4.35. The summed E-state index contributed by atoms with van der Waals surface area (Å²) < 4.78 is 36.3. The minimum absolute atomic E-state index is 0.375. The molecule has 0 saturated carbocycles. The summed E-state index contributed by atoms with van der Waals surface area (Å²) in [5, 5.41) is 8.42. The lowest BCUT2D eigenvalue weighted by Crippen LogP contribution is -2.09. The molecule has 1 aromatic carbocycles. The zero-order chi connectivity index (χ0) is 10.8. The van der Waals surface area contributed by atoms with Gasteiger partial charge in [0.25, 0.3) is 0 Å². The number of hydrogen-bond acceptors (Lipinski definition) is 2. The van der Waals surface area contributed by atoms with E-state index in [-0.39, 0.29) is 0 Å². The summed E-state index contributed by atoms with van der Waals surface area (Å²) in [5.41, 5.74) is 4.94. The van der Waals surface area contributed by atoms with Crippen LogP contribution in [-0.2, 0) is 6.18 Å². The molecule has 1 atom stereocenters. The van der Waals surface area contributed by atoms with Gasteiger partial charge in [-0.15, -0.1) is 0 Å². The van der Waals surface area contributed by atoms with E-state index in [2.05, 4.69) is 0 Å². The first kappa shape index (κ1) is 10.5. The van der Waals surface area contributed by atoms with Crippen LogP contribution in [-0.4, -0.2) is 0 Å². The van der Waals surface area contributed by atoms with Crippen molar-refractivity contribution >= 4 is 0 Å². The molecule has 0 aromatic heterocycles. The molecule has 1 aromatic rings. The summed E-state index contributed by atoms with van der Waals surface area (Å²) >= 11 is 0. The van der Waals surface area contributed by atoms with E-state index in [1.807, 2.05) is 0 Å². The molecule has 0 aliphatic rings. The Hall–Kier alpha value is -1.54. The van der Waals surface area contributed by atoms with E-state index in [4.69, 9.17) is 11.0 Å². The van der Waals surface area contributed by atoms with Gasteiger partial charge in [0.1, 0.15) is 6.04 Å². The fraction of sp³-hybridized carbons (Fsp3) is 0.222. The zero-order valence-corrected chi connectivity index (χ0v) is 7.05. The molecule has 2 N–H and O–H groups in total. The zero-order valence-electron chi connectivity index (χ0n) is 7.05. The molecule has 0 fully saturated rings. The van der Waals surface area contributed by atoms with Crippen LogP contribution in [0, 0.1) is 11.3 Å². The van der Waals surface area contributed by atoms with E-state index in [0.29, 0.717) is 5.56 Å². The first-order valence-electron chi connectivity index (χ1n) is 3.77. The van der Waals surface area contributed by atoms with Crippen LogP contribution in [0.2, 0.25) is 0 Å². The Labute approximate surface area is 78.8 Å². The fourth-order valence-corrected chi connectivity index (χ4v) is 0.954. The summed E-state index contributed by atoms with van der Waals surface area (Å²) in [6.45, 7) is 0. The van der Waals surface area contributed by atoms with Gasteiger partial charge >= 0.3 is 6.18 Å². The predicted molar refractivity (Wildman–Crippen MR) is 44.0 cm³/mol. The molecule has 0 radical (unpaired) electrons. The van der Waals surface area contributed by atoms with Crippen LogP contribution in [0.3, 0.4) is 0 Å². The second-order valence-corrected chi connectivity index (χ2v) is 2.73. The average Bonchev–Trinajstić information content (AvgIpc) is 2.15. The molecule has 0 spiro atoms. The standard InChI is InChI=1S/C9H7F3N2/c10-9(11,12)7-3-1-6(2-4-7)8(14)5-13/h1-4,8H,14H2. The van der Waals surface area contributed by atoms with Crippen molar-refractivity contribution in [3.63, 3.8) is 0 Å². The molecule has 0 amide bonds. The van der Waals surface area contributed by atoms with Crippen LogP contribution in [0.1, 0.15) is 17.2 Å². The van der Waals surface area contributed by atoms with E-state index < -0.39 is 17.8 Å². The van der Waals surface area contributed by atoms with Gasteiger partial charge < -0.3 is 5.73 Å². The highest BCUT2D eigenvalue weighted by Gasteiger charge is 2.30. The van der Waals surface area contributed by atoms with Gasteiger partial charge in [0.2, 0.25) is 0 Å². The maximum atomic E-state index is 12.1. The van der Waals surface area contributed by atoms with E-state index in [1.165, 1.54) is 12.1 Å². The van der Waals surface area contributed by atoms with Crippen molar-refractivity contribution < 1.29 is 13.2 Å². The fourth-order valence-electron chi connectivity index (χ4n) is 0.954. The Kier molecular flexibility index (Phi) is 2.77. The van der Waals surface area contributed by atoms with Crippen LogP contribution < -0.4 is 5.73 Å². The molecular weight excluding hydrogens is 193 g/mol. The highest BCUT2D eigenvalue weighted by molar-refractivity contribution is 5.29. The summed E-state index contributed by atoms with van der Waals surface area (Å²) in [5.74, 6) is 0. The van der Waals surface area contributed by atoms with Crippen LogP contribution in [0.25, 0.3) is 0 Å². The molecule has 14 heavy (non-hydrogen) atoms. The van der Waals surface area contributed by atoms with Crippen molar-refractivity contribution in [2.24, 2.45) is 5.73 Å². The number of nitrogens with zero attached hydrogens (tertiary/aromatic N) is 1. The summed E-state index contributed by atoms with van der Waals surface area (Å²) in [7, 11) is 0. The van der Waals surface area contributed by atoms with Gasteiger partial charge in [-0.3, -0.25) is 0 Å². The third-order valence-corrected chi connectivity index (χ3v) is 1.74. The van der Waals surface area contributed by atoms with Crippen molar-refractivity contribution in [1.29, 1.82) is 5.26 Å². The van der Waals surface area contributed by atoms with E-state index in [9.17, 15) is 13.2 Å². The lowest BCUT2D eigenvalue weighted by Gasteiger charge is -2.08. The van der Waals surface area contributed by atoms with Crippen molar-refractivity contribution in [1.82, 2.24) is 0 Å². The molecule has 0 heterocycles. The van der Waals surface area contributed by atoms with Gasteiger partial charge in [-0.1, -0.05) is 12.1 Å². The number of alkyl halides is 3. The minimum Gasteiger partial charge on any atom is -0.312 e. The smallest absolute Gasteiger partial charge is 0.312 e. The Morgan fingerprint density at radius 2 is 1.71 bits per heavy atom. The maximum absolute atomic E-state index is 12.1. The van der Waals surface area contributed by atoms with Gasteiger partial charge in [0.15, 0.2) is 0 Å². The van der Waals surface area contributed by atoms with Crippen LogP contribution >= 0.6 is 0 Å². The normalized spacial score (nSPS) is 13.4. The lowest BCUT2D eigenvalue weighted by molar-refractivity contribution is -0.137.